The van der Waals surface area contributed by atoms with Crippen LogP contribution in [0, 0.1) is 30.5 Å². The summed E-state index contributed by atoms with van der Waals surface area (Å²) in [4.78, 5) is 12.9. The van der Waals surface area contributed by atoms with Gasteiger partial charge in [0.15, 0.2) is 25.2 Å². The van der Waals surface area contributed by atoms with Crippen LogP contribution in [0.25, 0.3) is 11.1 Å². The van der Waals surface area contributed by atoms with Crippen molar-refractivity contribution in [2.75, 3.05) is 60.0 Å². The molecular formula is C40H43FO10. The van der Waals surface area contributed by atoms with Crippen LogP contribution in [0.3, 0.4) is 0 Å². The van der Waals surface area contributed by atoms with Gasteiger partial charge in [-0.15, -0.1) is 0 Å². The van der Waals surface area contributed by atoms with Gasteiger partial charge in [-0.05, 0) is 96.8 Å². The molecule has 0 bridgehead atoms. The van der Waals surface area contributed by atoms with Crippen LogP contribution in [0.5, 0.6) is 28.7 Å². The van der Waals surface area contributed by atoms with Gasteiger partial charge in [0.25, 0.3) is 0 Å². The average Bonchev–Trinajstić information content (AvgIpc) is 3.10. The van der Waals surface area contributed by atoms with Crippen LogP contribution in [0.2, 0.25) is 0 Å². The van der Waals surface area contributed by atoms with Crippen molar-refractivity contribution >= 4 is 5.97 Å². The van der Waals surface area contributed by atoms with Crippen molar-refractivity contribution in [3.63, 3.8) is 0 Å². The average molecular weight is 703 g/mol. The molecule has 10 nitrogen and oxygen atoms in total. The Kier molecular flexibility index (Phi) is 11.4. The SMILES string of the molecule is Cc1cc(-c2ccc(OCOc3ccc(OCOCC4(C)COC4)c(F)c3)cc2)c(C)cc1OC(=O)c1ccc(OCOCC2(C)COC2)cc1. The number of carbonyl (C=O) groups is 1. The van der Waals surface area contributed by atoms with Crippen molar-refractivity contribution in [2.45, 2.75) is 27.7 Å². The van der Waals surface area contributed by atoms with E-state index in [1.165, 1.54) is 12.1 Å². The van der Waals surface area contributed by atoms with Crippen molar-refractivity contribution in [2.24, 2.45) is 10.8 Å². The molecule has 0 aromatic heterocycles. The summed E-state index contributed by atoms with van der Waals surface area (Å²) >= 11 is 0. The smallest absolute Gasteiger partial charge is 0.343 e. The highest BCUT2D eigenvalue weighted by Crippen LogP contribution is 2.32. The van der Waals surface area contributed by atoms with E-state index in [1.807, 2.05) is 50.2 Å². The molecular weight excluding hydrogens is 659 g/mol. The number of hydrogen-bond acceptors (Lipinski definition) is 10. The van der Waals surface area contributed by atoms with Gasteiger partial charge < -0.3 is 42.6 Å². The van der Waals surface area contributed by atoms with Crippen LogP contribution in [0.4, 0.5) is 4.39 Å². The zero-order valence-electron chi connectivity index (χ0n) is 29.3. The first-order valence-corrected chi connectivity index (χ1v) is 16.7. The predicted molar refractivity (Wildman–Crippen MR) is 186 cm³/mol. The van der Waals surface area contributed by atoms with Gasteiger partial charge in [0, 0.05) is 16.9 Å². The Labute approximate surface area is 297 Å². The Morgan fingerprint density at radius 3 is 1.78 bits per heavy atom. The molecule has 4 aromatic carbocycles. The van der Waals surface area contributed by atoms with Crippen molar-refractivity contribution in [1.82, 2.24) is 0 Å². The van der Waals surface area contributed by atoms with E-state index in [0.29, 0.717) is 68.2 Å². The molecule has 0 amide bonds. The molecule has 2 aliphatic heterocycles. The van der Waals surface area contributed by atoms with Crippen LogP contribution < -0.4 is 23.7 Å². The Balaban J connectivity index is 0.949. The first-order chi connectivity index (χ1) is 24.6. The molecule has 2 fully saturated rings. The lowest BCUT2D eigenvalue weighted by Crippen LogP contribution is -2.43. The fourth-order valence-corrected chi connectivity index (χ4v) is 5.50. The van der Waals surface area contributed by atoms with Gasteiger partial charge >= 0.3 is 5.97 Å². The Bertz CT molecular complexity index is 1780. The van der Waals surface area contributed by atoms with Crippen LogP contribution in [0.1, 0.15) is 35.3 Å². The molecule has 0 radical (unpaired) electrons. The van der Waals surface area contributed by atoms with Gasteiger partial charge in [-0.25, -0.2) is 9.18 Å². The van der Waals surface area contributed by atoms with E-state index >= 15 is 0 Å². The van der Waals surface area contributed by atoms with Gasteiger partial charge in [0.2, 0.25) is 6.79 Å². The second-order valence-corrected chi connectivity index (χ2v) is 13.7. The van der Waals surface area contributed by atoms with Gasteiger partial charge in [0.1, 0.15) is 23.0 Å². The summed E-state index contributed by atoms with van der Waals surface area (Å²) in [5, 5.41) is 0. The molecule has 0 aliphatic carbocycles. The Hall–Kier alpha value is -4.68. The second-order valence-electron chi connectivity index (χ2n) is 13.7. The van der Waals surface area contributed by atoms with E-state index < -0.39 is 11.8 Å². The van der Waals surface area contributed by atoms with Gasteiger partial charge in [-0.3, -0.25) is 0 Å². The lowest BCUT2D eigenvalue weighted by Gasteiger charge is -2.37. The van der Waals surface area contributed by atoms with E-state index in [9.17, 15) is 9.18 Å². The molecule has 0 unspecified atom stereocenters. The molecule has 2 saturated heterocycles. The molecule has 11 heteroatoms. The van der Waals surface area contributed by atoms with Crippen LogP contribution in [0.15, 0.2) is 78.9 Å². The third-order valence-electron chi connectivity index (χ3n) is 8.64. The highest BCUT2D eigenvalue weighted by molar-refractivity contribution is 5.91. The lowest BCUT2D eigenvalue weighted by molar-refractivity contribution is -0.151. The Morgan fingerprint density at radius 1 is 0.647 bits per heavy atom. The molecule has 0 N–H and O–H groups in total. The topological polar surface area (TPSA) is 100 Å². The summed E-state index contributed by atoms with van der Waals surface area (Å²) in [6.07, 6.45) is 0. The molecule has 2 heterocycles. The van der Waals surface area contributed by atoms with Crippen molar-refractivity contribution in [3.8, 4) is 39.9 Å². The minimum Gasteiger partial charge on any atom is -0.468 e. The van der Waals surface area contributed by atoms with Crippen molar-refractivity contribution in [3.05, 3.63) is 101 Å². The van der Waals surface area contributed by atoms with E-state index in [4.69, 9.17) is 42.6 Å². The monoisotopic (exact) mass is 702 g/mol. The maximum Gasteiger partial charge on any atom is 0.343 e. The minimum atomic E-state index is -0.559. The van der Waals surface area contributed by atoms with E-state index in [1.54, 1.807) is 30.3 Å². The van der Waals surface area contributed by atoms with E-state index in [0.717, 1.165) is 22.3 Å². The molecule has 6 rings (SSSR count). The Morgan fingerprint density at radius 2 is 1.20 bits per heavy atom. The normalized spacial score (nSPS) is 15.6. The fourth-order valence-electron chi connectivity index (χ4n) is 5.50. The maximum atomic E-state index is 14.5. The molecule has 0 saturated carbocycles. The number of benzene rings is 4. The molecule has 4 aromatic rings. The number of ether oxygens (including phenoxy) is 9. The van der Waals surface area contributed by atoms with Crippen LogP contribution >= 0.6 is 0 Å². The zero-order valence-corrected chi connectivity index (χ0v) is 29.3. The van der Waals surface area contributed by atoms with Crippen molar-refractivity contribution < 1.29 is 51.8 Å². The quantitative estimate of drug-likeness (QED) is 0.0475. The van der Waals surface area contributed by atoms with Gasteiger partial charge in [0.05, 0.1) is 45.2 Å². The number of aryl methyl sites for hydroxylation is 2. The van der Waals surface area contributed by atoms with Crippen LogP contribution in [-0.4, -0.2) is 66.0 Å². The van der Waals surface area contributed by atoms with E-state index in [-0.39, 0.29) is 37.0 Å². The molecule has 2 aliphatic rings. The number of rotatable bonds is 17. The summed E-state index contributed by atoms with van der Waals surface area (Å²) in [5.74, 6) is 1.03. The number of carbonyl (C=O) groups excluding carboxylic acids is 1. The van der Waals surface area contributed by atoms with Gasteiger partial charge in [-0.1, -0.05) is 26.0 Å². The highest BCUT2D eigenvalue weighted by Gasteiger charge is 2.34. The first-order valence-electron chi connectivity index (χ1n) is 16.7. The molecule has 0 atom stereocenters. The lowest BCUT2D eigenvalue weighted by atomic mass is 9.90. The molecule has 0 spiro atoms. The summed E-state index contributed by atoms with van der Waals surface area (Å²) in [6.45, 7) is 11.7. The first kappa shape index (κ1) is 36.1. The number of esters is 1. The largest absolute Gasteiger partial charge is 0.468 e. The standard InChI is InChI=1S/C40H43FO10/c1-27-16-37(51-38(42)30-7-11-31(12-8-30)47-24-45-22-39(3)18-43-19-39)28(2)15-34(27)29-5-9-32(10-6-29)48-26-49-33-13-14-36(35(41)17-33)50-25-46-23-40(4)20-44-21-40/h5-17H,18-26H2,1-4H3. The van der Waals surface area contributed by atoms with Crippen molar-refractivity contribution in [1.29, 1.82) is 0 Å². The van der Waals surface area contributed by atoms with Gasteiger partial charge in [-0.2, -0.15) is 0 Å². The second kappa shape index (κ2) is 16.1. The summed E-state index contributed by atoms with van der Waals surface area (Å²) < 4.78 is 64.2. The number of hydrogen-bond donors (Lipinski definition) is 0. The third-order valence-corrected chi connectivity index (χ3v) is 8.64. The summed E-state index contributed by atoms with van der Waals surface area (Å²) in [5.41, 5.74) is 4.17. The molecule has 270 valence electrons. The number of halogens is 1. The van der Waals surface area contributed by atoms with E-state index in [2.05, 4.69) is 13.8 Å². The zero-order chi connectivity index (χ0) is 35.8. The highest BCUT2D eigenvalue weighted by atomic mass is 19.1. The predicted octanol–water partition coefficient (Wildman–Crippen LogP) is 7.52. The summed E-state index contributed by atoms with van der Waals surface area (Å²) in [6, 6.07) is 22.5. The van der Waals surface area contributed by atoms with Crippen LogP contribution in [-0.2, 0) is 18.9 Å². The molecule has 51 heavy (non-hydrogen) atoms. The summed E-state index contributed by atoms with van der Waals surface area (Å²) in [7, 11) is 0. The minimum absolute atomic E-state index is 0.00482. The third kappa shape index (κ3) is 9.56. The fraction of sp³-hybridized carbons (Fsp3) is 0.375. The maximum absolute atomic E-state index is 14.5.